The molecule has 2 atom stereocenters. The largest absolute Gasteiger partial charge is 0.271 e. The maximum absolute atomic E-state index is 5.55. The summed E-state index contributed by atoms with van der Waals surface area (Å²) < 4.78 is 1.19. The van der Waals surface area contributed by atoms with Crippen LogP contribution in [0, 0.1) is 5.92 Å². The molecule has 14 heavy (non-hydrogen) atoms. The minimum absolute atomic E-state index is 0.380. The monoisotopic (exact) mass is 276 g/mol. The van der Waals surface area contributed by atoms with Gasteiger partial charge in [0, 0.05) is 10.9 Å². The highest BCUT2D eigenvalue weighted by atomic mass is 79.9. The van der Waals surface area contributed by atoms with E-state index in [1.807, 2.05) is 0 Å². The van der Waals surface area contributed by atoms with Gasteiger partial charge in [0.25, 0.3) is 0 Å². The molecule has 80 valence electrons. The molecule has 0 amide bonds. The average Bonchev–Trinajstić information content (AvgIpc) is 2.59. The lowest BCUT2D eigenvalue weighted by molar-refractivity contribution is 0.371. The SMILES string of the molecule is CCC(C)C(Cc1ccc(Br)s1)NN. The second kappa shape index (κ2) is 5.85. The van der Waals surface area contributed by atoms with E-state index in [9.17, 15) is 0 Å². The van der Waals surface area contributed by atoms with Gasteiger partial charge in [0.05, 0.1) is 3.79 Å². The molecule has 0 aromatic carbocycles. The fraction of sp³-hybridized carbons (Fsp3) is 0.600. The molecule has 0 aliphatic rings. The Bertz CT molecular complexity index is 275. The molecule has 1 aromatic rings. The molecule has 1 aromatic heterocycles. The van der Waals surface area contributed by atoms with Crippen molar-refractivity contribution >= 4 is 27.3 Å². The third kappa shape index (κ3) is 3.35. The molecule has 0 spiro atoms. The lowest BCUT2D eigenvalue weighted by atomic mass is 9.96. The van der Waals surface area contributed by atoms with Crippen LogP contribution in [0.3, 0.4) is 0 Å². The molecule has 0 aliphatic heterocycles. The highest BCUT2D eigenvalue weighted by Crippen LogP contribution is 2.24. The molecule has 0 saturated carbocycles. The molecule has 0 saturated heterocycles. The fourth-order valence-electron chi connectivity index (χ4n) is 1.39. The number of halogens is 1. The van der Waals surface area contributed by atoms with Crippen molar-refractivity contribution in [2.45, 2.75) is 32.7 Å². The van der Waals surface area contributed by atoms with Crippen molar-refractivity contribution in [3.63, 3.8) is 0 Å². The van der Waals surface area contributed by atoms with Crippen molar-refractivity contribution in [3.8, 4) is 0 Å². The molecule has 0 fully saturated rings. The first-order valence-electron chi connectivity index (χ1n) is 4.87. The molecular formula is C10H17BrN2S. The zero-order valence-electron chi connectivity index (χ0n) is 8.59. The molecule has 1 rings (SSSR count). The summed E-state index contributed by atoms with van der Waals surface area (Å²) >= 11 is 5.25. The van der Waals surface area contributed by atoms with Crippen LogP contribution in [-0.4, -0.2) is 6.04 Å². The summed E-state index contributed by atoms with van der Waals surface area (Å²) in [7, 11) is 0. The van der Waals surface area contributed by atoms with Crippen molar-refractivity contribution in [1.29, 1.82) is 0 Å². The average molecular weight is 277 g/mol. The lowest BCUT2D eigenvalue weighted by Gasteiger charge is -2.21. The van der Waals surface area contributed by atoms with Crippen LogP contribution in [0.2, 0.25) is 0 Å². The first kappa shape index (κ1) is 12.2. The van der Waals surface area contributed by atoms with E-state index in [1.165, 1.54) is 8.66 Å². The van der Waals surface area contributed by atoms with Crippen LogP contribution in [0.25, 0.3) is 0 Å². The van der Waals surface area contributed by atoms with E-state index in [0.29, 0.717) is 12.0 Å². The number of hydrogen-bond acceptors (Lipinski definition) is 3. The predicted molar refractivity (Wildman–Crippen MR) is 66.3 cm³/mol. The van der Waals surface area contributed by atoms with E-state index in [1.54, 1.807) is 11.3 Å². The summed E-state index contributed by atoms with van der Waals surface area (Å²) in [4.78, 5) is 1.38. The minimum atomic E-state index is 0.380. The van der Waals surface area contributed by atoms with E-state index in [2.05, 4.69) is 47.3 Å². The second-order valence-corrected chi connectivity index (χ2v) is 6.12. The minimum Gasteiger partial charge on any atom is -0.271 e. The van der Waals surface area contributed by atoms with Gasteiger partial charge in [-0.2, -0.15) is 0 Å². The zero-order valence-corrected chi connectivity index (χ0v) is 11.0. The van der Waals surface area contributed by atoms with Crippen LogP contribution in [0.15, 0.2) is 15.9 Å². The van der Waals surface area contributed by atoms with Gasteiger partial charge in [-0.05, 0) is 40.4 Å². The summed E-state index contributed by atoms with van der Waals surface area (Å²) in [5.41, 5.74) is 2.90. The number of nitrogens with one attached hydrogen (secondary N) is 1. The third-order valence-corrected chi connectivity index (χ3v) is 4.24. The Morgan fingerprint density at radius 3 is 2.71 bits per heavy atom. The van der Waals surface area contributed by atoms with Crippen LogP contribution in [0.1, 0.15) is 25.1 Å². The highest BCUT2D eigenvalue weighted by molar-refractivity contribution is 9.11. The van der Waals surface area contributed by atoms with E-state index in [0.717, 1.165) is 12.8 Å². The number of hydrogen-bond donors (Lipinski definition) is 2. The van der Waals surface area contributed by atoms with E-state index < -0.39 is 0 Å². The lowest BCUT2D eigenvalue weighted by Crippen LogP contribution is -2.41. The number of thiophene rings is 1. The fourth-order valence-corrected chi connectivity index (χ4v) is 2.93. The highest BCUT2D eigenvalue weighted by Gasteiger charge is 2.15. The Morgan fingerprint density at radius 1 is 1.57 bits per heavy atom. The van der Waals surface area contributed by atoms with Gasteiger partial charge >= 0.3 is 0 Å². The van der Waals surface area contributed by atoms with E-state index in [4.69, 9.17) is 5.84 Å². The Kier molecular flexibility index (Phi) is 5.09. The zero-order chi connectivity index (χ0) is 10.6. The Hall–Kier alpha value is 0.1000. The molecule has 4 heteroatoms. The summed E-state index contributed by atoms with van der Waals surface area (Å²) in [6.07, 6.45) is 2.17. The Balaban J connectivity index is 2.56. The van der Waals surface area contributed by atoms with Gasteiger partial charge < -0.3 is 0 Å². The first-order valence-corrected chi connectivity index (χ1v) is 6.48. The molecule has 3 N–H and O–H groups in total. The van der Waals surface area contributed by atoms with Crippen LogP contribution in [-0.2, 0) is 6.42 Å². The number of nitrogens with two attached hydrogens (primary N) is 1. The maximum Gasteiger partial charge on any atom is 0.0701 e. The normalized spacial score (nSPS) is 15.4. The van der Waals surface area contributed by atoms with Crippen molar-refractivity contribution in [1.82, 2.24) is 5.43 Å². The van der Waals surface area contributed by atoms with Gasteiger partial charge in [-0.1, -0.05) is 20.3 Å². The van der Waals surface area contributed by atoms with Crippen LogP contribution < -0.4 is 11.3 Å². The Labute approximate surface area is 98.0 Å². The van der Waals surface area contributed by atoms with Crippen molar-refractivity contribution in [2.24, 2.45) is 11.8 Å². The van der Waals surface area contributed by atoms with E-state index in [-0.39, 0.29) is 0 Å². The van der Waals surface area contributed by atoms with Crippen LogP contribution in [0.5, 0.6) is 0 Å². The van der Waals surface area contributed by atoms with Gasteiger partial charge in [-0.15, -0.1) is 11.3 Å². The summed E-state index contributed by atoms with van der Waals surface area (Å²) in [5, 5.41) is 0. The summed E-state index contributed by atoms with van der Waals surface area (Å²) in [6.45, 7) is 4.42. The molecule has 0 bridgehead atoms. The van der Waals surface area contributed by atoms with Crippen LogP contribution >= 0.6 is 27.3 Å². The predicted octanol–water partition coefficient (Wildman–Crippen LogP) is 2.93. The smallest absolute Gasteiger partial charge is 0.0701 e. The quantitative estimate of drug-likeness (QED) is 0.641. The topological polar surface area (TPSA) is 38.0 Å². The molecule has 1 heterocycles. The van der Waals surface area contributed by atoms with E-state index >= 15 is 0 Å². The van der Waals surface area contributed by atoms with Gasteiger partial charge in [0.15, 0.2) is 0 Å². The maximum atomic E-state index is 5.55. The molecule has 0 aliphatic carbocycles. The van der Waals surface area contributed by atoms with Crippen molar-refractivity contribution in [3.05, 3.63) is 20.8 Å². The standard InChI is InChI=1S/C10H17BrN2S/c1-3-7(2)9(13-12)6-8-4-5-10(11)14-8/h4-5,7,9,13H,3,6,12H2,1-2H3. The summed E-state index contributed by atoms with van der Waals surface area (Å²) in [6, 6.07) is 4.62. The molecule has 2 nitrogen and oxygen atoms in total. The molecular weight excluding hydrogens is 260 g/mol. The van der Waals surface area contributed by atoms with Gasteiger partial charge in [-0.3, -0.25) is 11.3 Å². The second-order valence-electron chi connectivity index (χ2n) is 3.57. The van der Waals surface area contributed by atoms with Gasteiger partial charge in [0.2, 0.25) is 0 Å². The van der Waals surface area contributed by atoms with Gasteiger partial charge in [0.1, 0.15) is 0 Å². The van der Waals surface area contributed by atoms with Crippen LogP contribution in [0.4, 0.5) is 0 Å². The molecule has 2 unspecified atom stereocenters. The van der Waals surface area contributed by atoms with Gasteiger partial charge in [-0.25, -0.2) is 0 Å². The first-order chi connectivity index (χ1) is 6.67. The van der Waals surface area contributed by atoms with Crippen molar-refractivity contribution < 1.29 is 0 Å². The third-order valence-electron chi connectivity index (χ3n) is 2.59. The Morgan fingerprint density at radius 2 is 2.29 bits per heavy atom. The van der Waals surface area contributed by atoms with Crippen molar-refractivity contribution in [2.75, 3.05) is 0 Å². The number of hydrazine groups is 1. The summed E-state index contributed by atoms with van der Waals surface area (Å²) in [5.74, 6) is 6.16. The number of rotatable bonds is 5. The molecule has 0 radical (unpaired) electrons.